The first kappa shape index (κ1) is 15.7. The van der Waals surface area contributed by atoms with Gasteiger partial charge in [0, 0.05) is 18.2 Å². The van der Waals surface area contributed by atoms with Crippen LogP contribution in [0.15, 0.2) is 30.5 Å². The lowest BCUT2D eigenvalue weighted by Gasteiger charge is -2.08. The lowest BCUT2D eigenvalue weighted by molar-refractivity contribution is 0.0600. The third-order valence-corrected chi connectivity index (χ3v) is 3.68. The largest absolute Gasteiger partial charge is 0.478 e. The Bertz CT molecular complexity index is 946. The molecule has 0 aliphatic heterocycles. The molecule has 122 valence electrons. The molecule has 0 aliphatic rings. The van der Waals surface area contributed by atoms with E-state index in [4.69, 9.17) is 4.74 Å². The molecule has 0 bridgehead atoms. The smallest absolute Gasteiger partial charge is 0.338 e. The molecule has 24 heavy (non-hydrogen) atoms. The second kappa shape index (κ2) is 6.11. The van der Waals surface area contributed by atoms with Gasteiger partial charge in [0.25, 0.3) is 0 Å². The van der Waals surface area contributed by atoms with Crippen molar-refractivity contribution in [1.29, 1.82) is 0 Å². The van der Waals surface area contributed by atoms with Gasteiger partial charge in [-0.1, -0.05) is 19.1 Å². The van der Waals surface area contributed by atoms with Crippen LogP contribution < -0.4 is 0 Å². The fourth-order valence-corrected chi connectivity index (χ4v) is 2.53. The highest BCUT2D eigenvalue weighted by Gasteiger charge is 2.19. The van der Waals surface area contributed by atoms with Crippen molar-refractivity contribution in [3.05, 3.63) is 47.4 Å². The zero-order valence-electron chi connectivity index (χ0n) is 13.2. The van der Waals surface area contributed by atoms with Crippen molar-refractivity contribution in [2.75, 3.05) is 7.11 Å². The van der Waals surface area contributed by atoms with Gasteiger partial charge in [0.05, 0.1) is 29.3 Å². The van der Waals surface area contributed by atoms with Gasteiger partial charge in [-0.2, -0.15) is 0 Å². The van der Waals surface area contributed by atoms with Gasteiger partial charge in [-0.25, -0.2) is 19.6 Å². The molecule has 0 atom stereocenters. The van der Waals surface area contributed by atoms with Gasteiger partial charge in [-0.3, -0.25) is 0 Å². The maximum atomic E-state index is 11.8. The summed E-state index contributed by atoms with van der Waals surface area (Å²) in [5.74, 6) is -0.954. The summed E-state index contributed by atoms with van der Waals surface area (Å²) in [6.45, 7) is 1.91. The zero-order chi connectivity index (χ0) is 17.3. The summed E-state index contributed by atoms with van der Waals surface area (Å²) in [6.07, 6.45) is 2.00. The monoisotopic (exact) mass is 325 g/mol. The number of carboxylic acids is 1. The molecule has 0 spiro atoms. The molecule has 7 heteroatoms. The van der Waals surface area contributed by atoms with E-state index in [1.54, 1.807) is 24.3 Å². The minimum Gasteiger partial charge on any atom is -0.478 e. The number of nitrogens with one attached hydrogen (secondary N) is 1. The molecule has 3 aromatic rings. The van der Waals surface area contributed by atoms with E-state index in [9.17, 15) is 14.7 Å². The van der Waals surface area contributed by atoms with Gasteiger partial charge in [-0.05, 0) is 12.1 Å². The van der Waals surface area contributed by atoms with Crippen LogP contribution in [0.25, 0.3) is 22.3 Å². The van der Waals surface area contributed by atoms with Crippen LogP contribution >= 0.6 is 0 Å². The van der Waals surface area contributed by atoms with E-state index in [1.165, 1.54) is 13.3 Å². The van der Waals surface area contributed by atoms with Gasteiger partial charge in [0.15, 0.2) is 0 Å². The molecular formula is C17H15N3O4. The number of aromatic nitrogens is 3. The molecule has 0 saturated carbocycles. The molecule has 2 aromatic heterocycles. The van der Waals surface area contributed by atoms with Crippen LogP contribution in [0.5, 0.6) is 0 Å². The topological polar surface area (TPSA) is 105 Å². The number of hydrogen-bond acceptors (Lipinski definition) is 5. The van der Waals surface area contributed by atoms with E-state index in [0.717, 1.165) is 0 Å². The first-order valence-corrected chi connectivity index (χ1v) is 7.35. The average Bonchev–Trinajstić information content (AvgIpc) is 3.04. The van der Waals surface area contributed by atoms with Crippen LogP contribution in [0.4, 0.5) is 0 Å². The molecular weight excluding hydrogens is 310 g/mol. The lowest BCUT2D eigenvalue weighted by atomic mass is 10.0. The summed E-state index contributed by atoms with van der Waals surface area (Å²) in [7, 11) is 1.31. The van der Waals surface area contributed by atoms with E-state index >= 15 is 0 Å². The Morgan fingerprint density at radius 2 is 2.08 bits per heavy atom. The van der Waals surface area contributed by atoms with Crippen LogP contribution in [0.3, 0.4) is 0 Å². The fourth-order valence-electron chi connectivity index (χ4n) is 2.53. The van der Waals surface area contributed by atoms with Crippen molar-refractivity contribution in [1.82, 2.24) is 15.0 Å². The summed E-state index contributed by atoms with van der Waals surface area (Å²) in [6, 6.07) is 6.73. The first-order valence-electron chi connectivity index (χ1n) is 7.35. The van der Waals surface area contributed by atoms with Crippen LogP contribution in [-0.2, 0) is 11.2 Å². The normalized spacial score (nSPS) is 10.8. The molecule has 2 N–H and O–H groups in total. The minimum absolute atomic E-state index is 0.0890. The number of methoxy groups -OCH3 is 1. The minimum atomic E-state index is -1.07. The summed E-state index contributed by atoms with van der Waals surface area (Å²) in [4.78, 5) is 34.9. The van der Waals surface area contributed by atoms with E-state index in [2.05, 4.69) is 15.0 Å². The molecule has 0 unspecified atom stereocenters. The number of carbonyl (C=O) groups excluding carboxylic acids is 1. The highest BCUT2D eigenvalue weighted by atomic mass is 16.5. The van der Waals surface area contributed by atoms with Gasteiger partial charge in [0.2, 0.25) is 0 Å². The van der Waals surface area contributed by atoms with Gasteiger partial charge in [0.1, 0.15) is 11.5 Å². The number of hydrogen-bond donors (Lipinski definition) is 2. The highest BCUT2D eigenvalue weighted by Crippen LogP contribution is 2.29. The Balaban J connectivity index is 2.30. The Morgan fingerprint density at radius 3 is 2.75 bits per heavy atom. The maximum Gasteiger partial charge on any atom is 0.338 e. The number of fused-ring (bicyclic) bond motifs is 1. The van der Waals surface area contributed by atoms with Crippen molar-refractivity contribution in [2.45, 2.75) is 13.3 Å². The maximum absolute atomic E-state index is 11.8. The zero-order valence-corrected chi connectivity index (χ0v) is 13.2. The number of H-pyrrole nitrogens is 1. The summed E-state index contributed by atoms with van der Waals surface area (Å²) in [5.41, 5.74) is 2.01. The Morgan fingerprint density at radius 1 is 1.29 bits per heavy atom. The van der Waals surface area contributed by atoms with E-state index in [-0.39, 0.29) is 5.56 Å². The third-order valence-electron chi connectivity index (χ3n) is 3.68. The summed E-state index contributed by atoms with van der Waals surface area (Å²) in [5, 5.41) is 9.82. The number of nitrogens with zero attached hydrogens (tertiary/aromatic N) is 2. The number of carboxylic acid groups (broad SMARTS) is 1. The molecule has 0 radical (unpaired) electrons. The van der Waals surface area contributed by atoms with Crippen molar-refractivity contribution >= 4 is 23.0 Å². The van der Waals surface area contributed by atoms with E-state index in [0.29, 0.717) is 40.1 Å². The Hall–Kier alpha value is -3.22. The Kier molecular flexibility index (Phi) is 3.99. The molecule has 0 aliphatic carbocycles. The highest BCUT2D eigenvalue weighted by molar-refractivity contribution is 6.07. The second-order valence-electron chi connectivity index (χ2n) is 5.15. The SMILES string of the molecule is CCc1nc(-c2cccc(C(=O)OC)c2)c2c(C(=O)O)c[nH]c2n1. The van der Waals surface area contributed by atoms with Crippen molar-refractivity contribution in [2.24, 2.45) is 0 Å². The lowest BCUT2D eigenvalue weighted by Crippen LogP contribution is -2.03. The summed E-state index contributed by atoms with van der Waals surface area (Å²) < 4.78 is 4.73. The quantitative estimate of drug-likeness (QED) is 0.714. The first-order chi connectivity index (χ1) is 11.5. The standard InChI is InChI=1S/C17H15N3O4/c1-3-12-19-14(9-5-4-6-10(7-9)17(23)24-2)13-11(16(21)22)8-18-15(13)20-12/h4-8H,3H2,1-2H3,(H,21,22)(H,18,19,20). The van der Waals surface area contributed by atoms with E-state index in [1.807, 2.05) is 6.92 Å². The second-order valence-corrected chi connectivity index (χ2v) is 5.15. The summed E-state index contributed by atoms with van der Waals surface area (Å²) >= 11 is 0. The molecule has 0 fully saturated rings. The molecule has 2 heterocycles. The number of aromatic amines is 1. The van der Waals surface area contributed by atoms with Crippen LogP contribution in [0.1, 0.15) is 33.5 Å². The number of rotatable bonds is 4. The number of esters is 1. The van der Waals surface area contributed by atoms with Crippen LogP contribution in [0, 0.1) is 0 Å². The molecule has 1 aromatic carbocycles. The molecule has 0 saturated heterocycles. The van der Waals surface area contributed by atoms with Crippen LogP contribution in [0.2, 0.25) is 0 Å². The fraction of sp³-hybridized carbons (Fsp3) is 0.176. The number of ether oxygens (including phenoxy) is 1. The van der Waals surface area contributed by atoms with E-state index < -0.39 is 11.9 Å². The Labute approximate surface area is 137 Å². The number of aryl methyl sites for hydroxylation is 1. The van der Waals surface area contributed by atoms with Crippen molar-refractivity contribution < 1.29 is 19.4 Å². The van der Waals surface area contributed by atoms with Crippen molar-refractivity contribution in [3.8, 4) is 11.3 Å². The predicted molar refractivity (Wildman–Crippen MR) is 87.0 cm³/mol. The number of benzene rings is 1. The number of aromatic carboxylic acids is 1. The third kappa shape index (κ3) is 2.60. The average molecular weight is 325 g/mol. The van der Waals surface area contributed by atoms with Gasteiger partial charge >= 0.3 is 11.9 Å². The van der Waals surface area contributed by atoms with Crippen molar-refractivity contribution in [3.63, 3.8) is 0 Å². The van der Waals surface area contributed by atoms with Gasteiger partial charge < -0.3 is 14.8 Å². The predicted octanol–water partition coefficient (Wildman–Crippen LogP) is 2.67. The molecule has 3 rings (SSSR count). The molecule has 0 amide bonds. The number of carbonyl (C=O) groups is 2. The molecule has 7 nitrogen and oxygen atoms in total. The van der Waals surface area contributed by atoms with Gasteiger partial charge in [-0.15, -0.1) is 0 Å². The van der Waals surface area contributed by atoms with Crippen LogP contribution in [-0.4, -0.2) is 39.1 Å².